The van der Waals surface area contributed by atoms with E-state index >= 15 is 0 Å². The first-order valence-electron chi connectivity index (χ1n) is 9.81. The third-order valence-electron chi connectivity index (χ3n) is 5.46. The zero-order chi connectivity index (χ0) is 23.4. The van der Waals surface area contributed by atoms with Crippen LogP contribution in [-0.2, 0) is 7.05 Å². The molecular weight excluding hydrogens is 464 g/mol. The first kappa shape index (κ1) is 21.0. The molecule has 1 aliphatic rings. The van der Waals surface area contributed by atoms with Gasteiger partial charge >= 0.3 is 0 Å². The zero-order valence-electron chi connectivity index (χ0n) is 17.4. The molecule has 164 valence electrons. The van der Waals surface area contributed by atoms with Crippen molar-refractivity contribution in [3.63, 3.8) is 0 Å². The van der Waals surface area contributed by atoms with E-state index in [-0.39, 0.29) is 16.3 Å². The molecule has 0 atom stereocenters. The number of benzene rings is 2. The topological polar surface area (TPSA) is 101 Å². The largest absolute Gasteiger partial charge is 0.321 e. The lowest BCUT2D eigenvalue weighted by Crippen LogP contribution is -2.29. The number of aromatic nitrogens is 2. The Kier molecular flexibility index (Phi) is 4.88. The summed E-state index contributed by atoms with van der Waals surface area (Å²) < 4.78 is 1.36. The van der Waals surface area contributed by atoms with Gasteiger partial charge < -0.3 is 9.88 Å². The molecule has 0 unspecified atom stereocenters. The van der Waals surface area contributed by atoms with Gasteiger partial charge in [-0.2, -0.15) is 0 Å². The molecule has 0 saturated carbocycles. The highest BCUT2D eigenvalue weighted by Gasteiger charge is 2.37. The second-order valence-electron chi connectivity index (χ2n) is 7.51. The first-order valence-corrected chi connectivity index (χ1v) is 11.0. The van der Waals surface area contributed by atoms with Crippen molar-refractivity contribution in [1.82, 2.24) is 9.55 Å². The molecule has 2 aromatic heterocycles. The van der Waals surface area contributed by atoms with Crippen LogP contribution in [0.3, 0.4) is 0 Å². The third kappa shape index (κ3) is 3.24. The average molecular weight is 479 g/mol. The molecule has 1 aliphatic heterocycles. The number of carbonyl (C=O) groups is 3. The number of hydrogen-bond acceptors (Lipinski definition) is 6. The van der Waals surface area contributed by atoms with Gasteiger partial charge in [0.05, 0.1) is 38.4 Å². The Bertz CT molecular complexity index is 1540. The minimum absolute atomic E-state index is 0.130. The van der Waals surface area contributed by atoms with Gasteiger partial charge in [-0.15, -0.1) is 11.3 Å². The van der Waals surface area contributed by atoms with Crippen molar-refractivity contribution in [3.05, 3.63) is 85.7 Å². The molecule has 10 heteroatoms. The number of rotatable bonds is 3. The average Bonchev–Trinajstić information content (AvgIpc) is 3.26. The maximum Gasteiger partial charge on any atom is 0.266 e. The summed E-state index contributed by atoms with van der Waals surface area (Å²) in [7, 11) is 1.60. The molecule has 0 saturated heterocycles. The van der Waals surface area contributed by atoms with Crippen LogP contribution in [0.2, 0.25) is 5.02 Å². The normalized spacial score (nSPS) is 13.0. The molecule has 1 N–H and O–H groups in total. The lowest BCUT2D eigenvalue weighted by Gasteiger charge is -2.16. The lowest BCUT2D eigenvalue weighted by atomic mass is 10.1. The van der Waals surface area contributed by atoms with E-state index in [2.05, 4.69) is 10.3 Å². The molecular formula is C23H15ClN4O4S. The number of hydrogen-bond donors (Lipinski definition) is 1. The first-order chi connectivity index (χ1) is 15.8. The van der Waals surface area contributed by atoms with Crippen molar-refractivity contribution in [1.29, 1.82) is 0 Å². The standard InChI is InChI=1S/C23H15ClN4O4S/c1-11-17-20(25-10-27(2)23(17)32)33-18(11)19(29)26-12-7-8-16(15(24)9-12)28-21(30)13-5-3-4-6-14(13)22(28)31/h3-10H,1-2H3,(H,26,29). The number of thiophene rings is 1. The Hall–Kier alpha value is -3.82. The maximum atomic E-state index is 12.9. The minimum atomic E-state index is -0.454. The van der Waals surface area contributed by atoms with Crippen molar-refractivity contribution in [3.8, 4) is 0 Å². The SMILES string of the molecule is Cc1c(C(=O)Nc2ccc(N3C(=O)c4ccccc4C3=O)c(Cl)c2)sc2ncn(C)c(=O)c12. The number of aryl methyl sites for hydroxylation is 2. The molecule has 0 bridgehead atoms. The van der Waals surface area contributed by atoms with Gasteiger partial charge in [0.25, 0.3) is 23.3 Å². The summed E-state index contributed by atoms with van der Waals surface area (Å²) in [6.07, 6.45) is 1.42. The number of nitrogens with one attached hydrogen (secondary N) is 1. The molecule has 2 aromatic carbocycles. The molecule has 3 heterocycles. The highest BCUT2D eigenvalue weighted by Crippen LogP contribution is 2.35. The quantitative estimate of drug-likeness (QED) is 0.448. The summed E-state index contributed by atoms with van der Waals surface area (Å²) in [6, 6.07) is 11.1. The number of fused-ring (bicyclic) bond motifs is 2. The lowest BCUT2D eigenvalue weighted by molar-refractivity contribution is 0.0924. The van der Waals surface area contributed by atoms with Crippen LogP contribution in [0.25, 0.3) is 10.2 Å². The minimum Gasteiger partial charge on any atom is -0.321 e. The van der Waals surface area contributed by atoms with Crippen molar-refractivity contribution < 1.29 is 14.4 Å². The number of anilines is 2. The summed E-state index contributed by atoms with van der Waals surface area (Å²) in [5, 5.41) is 3.30. The van der Waals surface area contributed by atoms with Gasteiger partial charge in [0.15, 0.2) is 0 Å². The van der Waals surface area contributed by atoms with Gasteiger partial charge in [-0.3, -0.25) is 19.2 Å². The molecule has 5 rings (SSSR count). The highest BCUT2D eigenvalue weighted by atomic mass is 35.5. The van der Waals surface area contributed by atoms with Gasteiger partial charge in [-0.1, -0.05) is 23.7 Å². The van der Waals surface area contributed by atoms with E-state index in [9.17, 15) is 19.2 Å². The van der Waals surface area contributed by atoms with Gasteiger partial charge in [0.2, 0.25) is 0 Å². The predicted molar refractivity (Wildman–Crippen MR) is 127 cm³/mol. The number of halogens is 1. The van der Waals surface area contributed by atoms with Crippen LogP contribution in [0.1, 0.15) is 36.0 Å². The van der Waals surface area contributed by atoms with Crippen LogP contribution < -0.4 is 15.8 Å². The monoisotopic (exact) mass is 478 g/mol. The van der Waals surface area contributed by atoms with Crippen LogP contribution in [0.15, 0.2) is 53.6 Å². The van der Waals surface area contributed by atoms with Gasteiger partial charge in [-0.05, 0) is 42.8 Å². The fourth-order valence-electron chi connectivity index (χ4n) is 3.79. The molecule has 3 amide bonds. The van der Waals surface area contributed by atoms with Crippen molar-refractivity contribution in [2.24, 2.45) is 7.05 Å². The second-order valence-corrected chi connectivity index (χ2v) is 8.91. The van der Waals surface area contributed by atoms with E-state index in [0.29, 0.717) is 37.5 Å². The summed E-state index contributed by atoms with van der Waals surface area (Å²) >= 11 is 7.53. The summed E-state index contributed by atoms with van der Waals surface area (Å²) in [5.41, 5.74) is 1.57. The Balaban J connectivity index is 1.44. The number of nitrogens with zero attached hydrogens (tertiary/aromatic N) is 3. The summed E-state index contributed by atoms with van der Waals surface area (Å²) in [4.78, 5) is 56.9. The van der Waals surface area contributed by atoms with E-state index in [1.807, 2.05) is 0 Å². The molecule has 0 radical (unpaired) electrons. The van der Waals surface area contributed by atoms with E-state index in [1.54, 1.807) is 44.3 Å². The van der Waals surface area contributed by atoms with Crippen LogP contribution >= 0.6 is 22.9 Å². The Morgan fingerprint density at radius 1 is 1.06 bits per heavy atom. The zero-order valence-corrected chi connectivity index (χ0v) is 19.0. The van der Waals surface area contributed by atoms with Crippen LogP contribution in [-0.4, -0.2) is 27.3 Å². The van der Waals surface area contributed by atoms with E-state index in [1.165, 1.54) is 23.0 Å². The van der Waals surface area contributed by atoms with Crippen LogP contribution in [0.4, 0.5) is 11.4 Å². The van der Waals surface area contributed by atoms with E-state index in [0.717, 1.165) is 16.2 Å². The Morgan fingerprint density at radius 3 is 2.36 bits per heavy atom. The maximum absolute atomic E-state index is 12.9. The van der Waals surface area contributed by atoms with Crippen LogP contribution in [0, 0.1) is 6.92 Å². The number of amides is 3. The molecule has 33 heavy (non-hydrogen) atoms. The molecule has 0 spiro atoms. The van der Waals surface area contributed by atoms with Crippen molar-refractivity contribution in [2.75, 3.05) is 10.2 Å². The molecule has 8 nitrogen and oxygen atoms in total. The number of imide groups is 1. The molecule has 0 fully saturated rings. The van der Waals surface area contributed by atoms with Crippen molar-refractivity contribution in [2.45, 2.75) is 6.92 Å². The smallest absolute Gasteiger partial charge is 0.266 e. The van der Waals surface area contributed by atoms with E-state index in [4.69, 9.17) is 11.6 Å². The van der Waals surface area contributed by atoms with Gasteiger partial charge in [0.1, 0.15) is 4.83 Å². The summed E-state index contributed by atoms with van der Waals surface area (Å²) in [5.74, 6) is -1.32. The third-order valence-corrected chi connectivity index (χ3v) is 6.96. The fraction of sp³-hybridized carbons (Fsp3) is 0.0870. The highest BCUT2D eigenvalue weighted by molar-refractivity contribution is 7.20. The predicted octanol–water partition coefficient (Wildman–Crippen LogP) is 4.01. The van der Waals surface area contributed by atoms with E-state index < -0.39 is 17.7 Å². The van der Waals surface area contributed by atoms with Crippen molar-refractivity contribution >= 4 is 62.3 Å². The summed E-state index contributed by atoms with van der Waals surface area (Å²) in [6.45, 7) is 1.70. The molecule has 4 aromatic rings. The van der Waals surface area contributed by atoms with Crippen LogP contribution in [0.5, 0.6) is 0 Å². The number of carbonyl (C=O) groups excluding carboxylic acids is 3. The Labute approximate surface area is 196 Å². The Morgan fingerprint density at radius 2 is 1.73 bits per heavy atom. The fourth-order valence-corrected chi connectivity index (χ4v) is 5.09. The van der Waals surface area contributed by atoms with Gasteiger partial charge in [0, 0.05) is 12.7 Å². The van der Waals surface area contributed by atoms with Gasteiger partial charge in [-0.25, -0.2) is 9.88 Å². The second kappa shape index (κ2) is 7.65. The molecule has 0 aliphatic carbocycles.